The molecule has 16 heavy (non-hydrogen) atoms. The summed E-state index contributed by atoms with van der Waals surface area (Å²) in [6.07, 6.45) is 7.01. The van der Waals surface area contributed by atoms with Crippen LogP contribution in [0, 0.1) is 11.8 Å². The van der Waals surface area contributed by atoms with E-state index in [4.69, 9.17) is 9.47 Å². The van der Waals surface area contributed by atoms with Crippen LogP contribution in [0.25, 0.3) is 0 Å². The quantitative estimate of drug-likeness (QED) is 0.679. The Morgan fingerprint density at radius 2 is 1.81 bits per heavy atom. The lowest BCUT2D eigenvalue weighted by molar-refractivity contribution is -0.162. The van der Waals surface area contributed by atoms with Crippen molar-refractivity contribution in [3.05, 3.63) is 0 Å². The van der Waals surface area contributed by atoms with Gasteiger partial charge in [0.25, 0.3) is 0 Å². The van der Waals surface area contributed by atoms with Gasteiger partial charge in [-0.25, -0.2) is 0 Å². The highest BCUT2D eigenvalue weighted by Crippen LogP contribution is 2.36. The van der Waals surface area contributed by atoms with E-state index in [1.54, 1.807) is 7.11 Å². The van der Waals surface area contributed by atoms with Gasteiger partial charge in [-0.15, -0.1) is 0 Å². The minimum absolute atomic E-state index is 0.0413. The number of hydrogen-bond acceptors (Lipinski definition) is 3. The molecule has 1 aliphatic heterocycles. The molecule has 2 atom stereocenters. The average molecular weight is 226 g/mol. The number of carbonyl (C=O) groups is 1. The van der Waals surface area contributed by atoms with E-state index in [0.29, 0.717) is 12.0 Å². The van der Waals surface area contributed by atoms with Crippen LogP contribution in [0.4, 0.5) is 0 Å². The molecule has 1 saturated carbocycles. The topological polar surface area (TPSA) is 35.5 Å². The molecule has 2 unspecified atom stereocenters. The van der Waals surface area contributed by atoms with Crippen LogP contribution in [0.5, 0.6) is 0 Å². The summed E-state index contributed by atoms with van der Waals surface area (Å²) in [7, 11) is 1.78. The Hall–Kier alpha value is -0.570. The molecule has 0 aromatic rings. The number of cyclic esters (lactones) is 1. The van der Waals surface area contributed by atoms with Crippen molar-refractivity contribution in [3.8, 4) is 0 Å². The molecule has 0 spiro atoms. The first-order valence-corrected chi connectivity index (χ1v) is 6.44. The van der Waals surface area contributed by atoms with E-state index in [0.717, 1.165) is 38.5 Å². The molecule has 3 nitrogen and oxygen atoms in total. The number of carbonyl (C=O) groups excluding carboxylic acids is 1. The third kappa shape index (κ3) is 2.57. The molecule has 0 aromatic carbocycles. The lowest BCUT2D eigenvalue weighted by Gasteiger charge is -2.35. The smallest absolute Gasteiger partial charge is 0.309 e. The Balaban J connectivity index is 1.86. The summed E-state index contributed by atoms with van der Waals surface area (Å²) in [4.78, 5) is 11.8. The largest absolute Gasteiger partial charge is 0.462 e. The maximum Gasteiger partial charge on any atom is 0.309 e. The molecule has 0 N–H and O–H groups in total. The fourth-order valence-corrected chi connectivity index (χ4v) is 3.03. The van der Waals surface area contributed by atoms with Crippen molar-refractivity contribution in [3.63, 3.8) is 0 Å². The molecule has 92 valence electrons. The fourth-order valence-electron chi connectivity index (χ4n) is 3.03. The van der Waals surface area contributed by atoms with Gasteiger partial charge in [0.05, 0.1) is 18.1 Å². The first-order valence-electron chi connectivity index (χ1n) is 6.44. The molecule has 1 heterocycles. The number of rotatable bonds is 2. The Morgan fingerprint density at radius 1 is 1.12 bits per heavy atom. The van der Waals surface area contributed by atoms with Crippen molar-refractivity contribution in [2.45, 2.75) is 57.7 Å². The lowest BCUT2D eigenvalue weighted by atomic mass is 9.76. The second-order valence-electron chi connectivity index (χ2n) is 5.20. The van der Waals surface area contributed by atoms with Crippen LogP contribution in [-0.4, -0.2) is 25.3 Å². The Labute approximate surface area is 97.5 Å². The predicted molar refractivity (Wildman–Crippen MR) is 61.0 cm³/mol. The molecule has 0 aromatic heterocycles. The molecule has 2 rings (SSSR count). The van der Waals surface area contributed by atoms with Gasteiger partial charge in [0.1, 0.15) is 0 Å². The molecular weight excluding hydrogens is 204 g/mol. The van der Waals surface area contributed by atoms with Crippen molar-refractivity contribution in [1.82, 2.24) is 0 Å². The van der Waals surface area contributed by atoms with Gasteiger partial charge in [-0.05, 0) is 51.4 Å². The van der Waals surface area contributed by atoms with E-state index in [1.807, 2.05) is 6.92 Å². The van der Waals surface area contributed by atoms with E-state index in [-0.39, 0.29) is 18.0 Å². The minimum Gasteiger partial charge on any atom is -0.462 e. The maximum atomic E-state index is 11.8. The van der Waals surface area contributed by atoms with Gasteiger partial charge in [0, 0.05) is 7.11 Å². The van der Waals surface area contributed by atoms with Crippen LogP contribution in [-0.2, 0) is 14.3 Å². The summed E-state index contributed by atoms with van der Waals surface area (Å²) in [5, 5.41) is 0. The minimum atomic E-state index is 0.0413. The van der Waals surface area contributed by atoms with E-state index in [2.05, 4.69) is 0 Å². The molecular formula is C13H22O3. The van der Waals surface area contributed by atoms with Gasteiger partial charge >= 0.3 is 5.97 Å². The van der Waals surface area contributed by atoms with Crippen molar-refractivity contribution >= 4 is 5.97 Å². The monoisotopic (exact) mass is 226 g/mol. The fraction of sp³-hybridized carbons (Fsp3) is 0.923. The SMILES string of the molecule is COC1CCC(C2CCC(C)OC2=O)CC1. The Kier molecular flexibility index (Phi) is 3.85. The second-order valence-corrected chi connectivity index (χ2v) is 5.20. The number of methoxy groups -OCH3 is 1. The van der Waals surface area contributed by atoms with Gasteiger partial charge in [0.2, 0.25) is 0 Å². The highest BCUT2D eigenvalue weighted by molar-refractivity contribution is 5.73. The summed E-state index contributed by atoms with van der Waals surface area (Å²) < 4.78 is 10.7. The van der Waals surface area contributed by atoms with Gasteiger partial charge < -0.3 is 9.47 Å². The molecule has 3 heteroatoms. The van der Waals surface area contributed by atoms with E-state index in [9.17, 15) is 4.79 Å². The zero-order valence-electron chi connectivity index (χ0n) is 10.3. The first kappa shape index (κ1) is 11.9. The molecule has 2 fully saturated rings. The number of hydrogen-bond donors (Lipinski definition) is 0. The predicted octanol–water partition coefficient (Wildman–Crippen LogP) is 2.53. The Morgan fingerprint density at radius 3 is 2.38 bits per heavy atom. The summed E-state index contributed by atoms with van der Waals surface area (Å²) >= 11 is 0. The maximum absolute atomic E-state index is 11.8. The van der Waals surface area contributed by atoms with Crippen molar-refractivity contribution in [2.75, 3.05) is 7.11 Å². The van der Waals surface area contributed by atoms with Gasteiger partial charge in [-0.3, -0.25) is 4.79 Å². The van der Waals surface area contributed by atoms with Crippen LogP contribution in [0.15, 0.2) is 0 Å². The normalized spacial score (nSPS) is 40.5. The number of esters is 1. The zero-order valence-corrected chi connectivity index (χ0v) is 10.3. The van der Waals surface area contributed by atoms with E-state index < -0.39 is 0 Å². The molecule has 0 amide bonds. The average Bonchev–Trinajstić information content (AvgIpc) is 2.29. The molecule has 1 aliphatic carbocycles. The van der Waals surface area contributed by atoms with Crippen LogP contribution in [0.1, 0.15) is 45.4 Å². The third-order valence-corrected chi connectivity index (χ3v) is 4.13. The van der Waals surface area contributed by atoms with Crippen LogP contribution < -0.4 is 0 Å². The van der Waals surface area contributed by atoms with Crippen molar-refractivity contribution in [1.29, 1.82) is 0 Å². The number of ether oxygens (including phenoxy) is 2. The Bertz CT molecular complexity index is 244. The highest BCUT2D eigenvalue weighted by Gasteiger charge is 2.36. The van der Waals surface area contributed by atoms with Crippen molar-refractivity contribution < 1.29 is 14.3 Å². The van der Waals surface area contributed by atoms with Crippen LogP contribution in [0.3, 0.4) is 0 Å². The highest BCUT2D eigenvalue weighted by atomic mass is 16.5. The van der Waals surface area contributed by atoms with Crippen molar-refractivity contribution in [2.24, 2.45) is 11.8 Å². The summed E-state index contributed by atoms with van der Waals surface area (Å²) in [5.74, 6) is 0.736. The second kappa shape index (κ2) is 5.17. The molecule has 0 radical (unpaired) electrons. The van der Waals surface area contributed by atoms with Gasteiger partial charge in [0.15, 0.2) is 0 Å². The third-order valence-electron chi connectivity index (χ3n) is 4.13. The summed E-state index contributed by atoms with van der Waals surface area (Å²) in [6, 6.07) is 0. The van der Waals surface area contributed by atoms with Crippen LogP contribution >= 0.6 is 0 Å². The molecule has 1 saturated heterocycles. The van der Waals surface area contributed by atoms with Gasteiger partial charge in [-0.1, -0.05) is 0 Å². The lowest BCUT2D eigenvalue weighted by Crippen LogP contribution is -2.36. The summed E-state index contributed by atoms with van der Waals surface area (Å²) in [6.45, 7) is 1.98. The molecule has 0 bridgehead atoms. The van der Waals surface area contributed by atoms with E-state index in [1.165, 1.54) is 0 Å². The standard InChI is InChI=1S/C13H22O3/c1-9-3-8-12(13(14)16-9)10-4-6-11(15-2)7-5-10/h9-12H,3-8H2,1-2H3. The zero-order chi connectivity index (χ0) is 11.5. The van der Waals surface area contributed by atoms with Crippen LogP contribution in [0.2, 0.25) is 0 Å². The first-order chi connectivity index (χ1) is 7.70. The van der Waals surface area contributed by atoms with E-state index >= 15 is 0 Å². The summed E-state index contributed by atoms with van der Waals surface area (Å²) in [5.41, 5.74) is 0. The van der Waals surface area contributed by atoms with Gasteiger partial charge in [-0.2, -0.15) is 0 Å². The molecule has 2 aliphatic rings.